The Morgan fingerprint density at radius 3 is 1.68 bits per heavy atom. The van der Waals surface area contributed by atoms with E-state index in [2.05, 4.69) is 13.8 Å². The molecule has 0 amide bonds. The Balaban J connectivity index is 4.50. The number of hydrogen-bond donors (Lipinski definition) is 2. The first kappa shape index (κ1) is 17.9. The van der Waals surface area contributed by atoms with Crippen LogP contribution in [0.15, 0.2) is 0 Å². The van der Waals surface area contributed by atoms with Crippen molar-refractivity contribution in [3.63, 3.8) is 0 Å². The molecule has 0 heterocycles. The number of unbranched alkanes of at least 4 members (excludes halogenated alkanes) is 3. The summed E-state index contributed by atoms with van der Waals surface area (Å²) in [7, 11) is 0. The maximum atomic E-state index is 11.6. The van der Waals surface area contributed by atoms with E-state index in [4.69, 9.17) is 5.11 Å². The Morgan fingerprint density at radius 2 is 1.32 bits per heavy atom. The molecule has 0 saturated carbocycles. The molecule has 0 bridgehead atoms. The molecule has 0 aromatic rings. The number of carboxylic acid groups (broad SMARTS) is 2. The van der Waals surface area contributed by atoms with Crippen LogP contribution >= 0.6 is 0 Å². The van der Waals surface area contributed by atoms with Gasteiger partial charge < -0.3 is 10.2 Å². The van der Waals surface area contributed by atoms with Gasteiger partial charge in [0, 0.05) is 6.42 Å². The highest BCUT2D eigenvalue weighted by Gasteiger charge is 2.36. The summed E-state index contributed by atoms with van der Waals surface area (Å²) < 4.78 is 0. The molecule has 0 aliphatic carbocycles. The van der Waals surface area contributed by atoms with Gasteiger partial charge in [-0.2, -0.15) is 0 Å². The summed E-state index contributed by atoms with van der Waals surface area (Å²) in [5, 5.41) is 18.2. The van der Waals surface area contributed by atoms with Gasteiger partial charge in [-0.25, -0.2) is 0 Å². The summed E-state index contributed by atoms with van der Waals surface area (Å²) in [4.78, 5) is 22.1. The van der Waals surface area contributed by atoms with Crippen LogP contribution in [0.2, 0.25) is 0 Å². The van der Waals surface area contributed by atoms with Crippen molar-refractivity contribution in [2.75, 3.05) is 0 Å². The lowest BCUT2D eigenvalue weighted by atomic mass is 9.74. The minimum absolute atomic E-state index is 0.136. The Morgan fingerprint density at radius 1 is 0.842 bits per heavy atom. The van der Waals surface area contributed by atoms with Crippen molar-refractivity contribution in [3.8, 4) is 0 Å². The van der Waals surface area contributed by atoms with Crippen molar-refractivity contribution in [1.82, 2.24) is 0 Å². The SMILES string of the molecule is CCCCC(CCCC)(CCCCC(=O)O)C(=O)O. The molecule has 112 valence electrons. The minimum atomic E-state index is -0.803. The van der Waals surface area contributed by atoms with Gasteiger partial charge in [-0.15, -0.1) is 0 Å². The molecule has 0 aromatic carbocycles. The lowest BCUT2D eigenvalue weighted by Crippen LogP contribution is -2.31. The van der Waals surface area contributed by atoms with Gasteiger partial charge in [0.2, 0.25) is 0 Å². The zero-order valence-corrected chi connectivity index (χ0v) is 12.3. The first-order chi connectivity index (χ1) is 8.98. The second-order valence-electron chi connectivity index (χ2n) is 5.39. The van der Waals surface area contributed by atoms with Gasteiger partial charge in [0.15, 0.2) is 0 Å². The fourth-order valence-electron chi connectivity index (χ4n) is 2.47. The van der Waals surface area contributed by atoms with Crippen molar-refractivity contribution >= 4 is 11.9 Å². The molecule has 0 atom stereocenters. The van der Waals surface area contributed by atoms with E-state index in [9.17, 15) is 14.7 Å². The van der Waals surface area contributed by atoms with E-state index in [1.54, 1.807) is 0 Å². The van der Waals surface area contributed by atoms with E-state index in [0.29, 0.717) is 32.1 Å². The third-order valence-corrected chi connectivity index (χ3v) is 3.77. The molecule has 0 saturated heterocycles. The fraction of sp³-hybridized carbons (Fsp3) is 0.867. The van der Waals surface area contributed by atoms with Gasteiger partial charge in [-0.1, -0.05) is 46.0 Å². The van der Waals surface area contributed by atoms with Crippen molar-refractivity contribution in [2.24, 2.45) is 5.41 Å². The van der Waals surface area contributed by atoms with Crippen LogP contribution in [-0.2, 0) is 9.59 Å². The number of rotatable bonds is 12. The van der Waals surface area contributed by atoms with Crippen LogP contribution in [0.4, 0.5) is 0 Å². The lowest BCUT2D eigenvalue weighted by molar-refractivity contribution is -0.150. The minimum Gasteiger partial charge on any atom is -0.481 e. The summed E-state index contributed by atoms with van der Waals surface area (Å²) in [5.74, 6) is -1.51. The Bertz CT molecular complexity index is 265. The number of carbonyl (C=O) groups is 2. The molecule has 0 radical (unpaired) electrons. The van der Waals surface area contributed by atoms with Crippen molar-refractivity contribution in [2.45, 2.75) is 78.1 Å². The summed E-state index contributed by atoms with van der Waals surface area (Å²) in [6, 6.07) is 0. The Hall–Kier alpha value is -1.06. The Labute approximate surface area is 116 Å². The molecule has 19 heavy (non-hydrogen) atoms. The highest BCUT2D eigenvalue weighted by atomic mass is 16.4. The van der Waals surface area contributed by atoms with Crippen LogP contribution in [-0.4, -0.2) is 22.2 Å². The van der Waals surface area contributed by atoms with E-state index in [1.807, 2.05) is 0 Å². The molecular weight excluding hydrogens is 244 g/mol. The largest absolute Gasteiger partial charge is 0.481 e. The molecule has 0 rings (SSSR count). The fourth-order valence-corrected chi connectivity index (χ4v) is 2.47. The molecular formula is C15H28O4. The van der Waals surface area contributed by atoms with Gasteiger partial charge in [0.05, 0.1) is 5.41 Å². The van der Waals surface area contributed by atoms with Gasteiger partial charge in [-0.05, 0) is 25.7 Å². The normalized spacial score (nSPS) is 11.5. The molecule has 0 aliphatic heterocycles. The quantitative estimate of drug-likeness (QED) is 0.525. The molecule has 4 heteroatoms. The predicted octanol–water partition coefficient (Wildman–Crippen LogP) is 4.08. The third-order valence-electron chi connectivity index (χ3n) is 3.77. The highest BCUT2D eigenvalue weighted by molar-refractivity contribution is 5.74. The third kappa shape index (κ3) is 7.19. The smallest absolute Gasteiger partial charge is 0.309 e. The summed E-state index contributed by atoms with van der Waals surface area (Å²) in [5.41, 5.74) is -0.634. The zero-order valence-electron chi connectivity index (χ0n) is 12.3. The molecule has 0 aliphatic rings. The van der Waals surface area contributed by atoms with Gasteiger partial charge in [0.1, 0.15) is 0 Å². The molecule has 4 nitrogen and oxygen atoms in total. The van der Waals surface area contributed by atoms with E-state index in [-0.39, 0.29) is 6.42 Å². The van der Waals surface area contributed by atoms with E-state index >= 15 is 0 Å². The van der Waals surface area contributed by atoms with Crippen molar-refractivity contribution in [1.29, 1.82) is 0 Å². The monoisotopic (exact) mass is 272 g/mol. The van der Waals surface area contributed by atoms with Gasteiger partial charge in [-0.3, -0.25) is 9.59 Å². The van der Waals surface area contributed by atoms with Gasteiger partial charge >= 0.3 is 11.9 Å². The topological polar surface area (TPSA) is 74.6 Å². The van der Waals surface area contributed by atoms with Crippen molar-refractivity contribution < 1.29 is 19.8 Å². The number of hydrogen-bond acceptors (Lipinski definition) is 2. The lowest BCUT2D eigenvalue weighted by Gasteiger charge is -2.29. The summed E-state index contributed by atoms with van der Waals surface area (Å²) in [6.07, 6.45) is 7.27. The van der Waals surface area contributed by atoms with Crippen LogP contribution in [0.25, 0.3) is 0 Å². The van der Waals surface area contributed by atoms with Crippen LogP contribution in [0.3, 0.4) is 0 Å². The molecule has 0 fully saturated rings. The van der Waals surface area contributed by atoms with Crippen molar-refractivity contribution in [3.05, 3.63) is 0 Å². The second kappa shape index (κ2) is 9.82. The maximum absolute atomic E-state index is 11.6. The standard InChI is InChI=1S/C15H28O4/c1-3-5-10-15(14(18)19,11-6-4-2)12-8-7-9-13(16)17/h3-12H2,1-2H3,(H,16,17)(H,18,19). The molecule has 2 N–H and O–H groups in total. The van der Waals surface area contributed by atoms with Crippen LogP contribution in [0, 0.1) is 5.41 Å². The zero-order chi connectivity index (χ0) is 14.7. The molecule has 0 spiro atoms. The molecule has 0 unspecified atom stereocenters. The first-order valence-corrected chi connectivity index (χ1v) is 7.43. The number of carboxylic acids is 2. The predicted molar refractivity (Wildman–Crippen MR) is 75.2 cm³/mol. The summed E-state index contributed by atoms with van der Waals surface area (Å²) in [6.45, 7) is 4.13. The van der Waals surface area contributed by atoms with E-state index < -0.39 is 17.4 Å². The van der Waals surface area contributed by atoms with Crippen LogP contribution in [0.1, 0.15) is 78.1 Å². The van der Waals surface area contributed by atoms with Crippen LogP contribution < -0.4 is 0 Å². The number of aliphatic carboxylic acids is 2. The Kier molecular flexibility index (Phi) is 9.27. The molecule has 0 aromatic heterocycles. The van der Waals surface area contributed by atoms with Crippen LogP contribution in [0.5, 0.6) is 0 Å². The average molecular weight is 272 g/mol. The maximum Gasteiger partial charge on any atom is 0.309 e. The van der Waals surface area contributed by atoms with Gasteiger partial charge in [0.25, 0.3) is 0 Å². The second-order valence-corrected chi connectivity index (χ2v) is 5.39. The van der Waals surface area contributed by atoms with E-state index in [1.165, 1.54) is 0 Å². The average Bonchev–Trinajstić information content (AvgIpc) is 2.36. The highest BCUT2D eigenvalue weighted by Crippen LogP contribution is 2.37. The van der Waals surface area contributed by atoms with E-state index in [0.717, 1.165) is 25.7 Å². The first-order valence-electron chi connectivity index (χ1n) is 7.43. The summed E-state index contributed by atoms with van der Waals surface area (Å²) >= 11 is 0.